The van der Waals surface area contributed by atoms with Gasteiger partial charge < -0.3 is 102 Å². The lowest BCUT2D eigenvalue weighted by Gasteiger charge is -2.42. The minimum Gasteiger partial charge on any atom is -0.508 e. The number of primary amides is 1. The molecule has 4 aromatic rings. The van der Waals surface area contributed by atoms with Crippen LogP contribution in [-0.2, 0) is 102 Å². The van der Waals surface area contributed by atoms with Crippen molar-refractivity contribution < 1.29 is 106 Å². The summed E-state index contributed by atoms with van der Waals surface area (Å²) in [4.78, 5) is 190. The number of ether oxygens (including phenoxy) is 6. The molecule has 3 saturated heterocycles. The van der Waals surface area contributed by atoms with Gasteiger partial charge in [-0.25, -0.2) is 14.4 Å². The van der Waals surface area contributed by atoms with Gasteiger partial charge in [0.25, 0.3) is 0 Å². The zero-order valence-corrected chi connectivity index (χ0v) is 75.8. The molecule has 5 aliphatic rings. The van der Waals surface area contributed by atoms with Crippen molar-refractivity contribution in [2.24, 2.45) is 23.3 Å². The number of methoxy groups -OCH3 is 3. The Hall–Kier alpha value is -9.90. The van der Waals surface area contributed by atoms with E-state index in [4.69, 9.17) is 51.5 Å². The number of alkyl carbamates (subject to hydrolysis) is 2. The lowest BCUT2D eigenvalue weighted by molar-refractivity contribution is -0.162. The fourth-order valence-electron chi connectivity index (χ4n) is 15.1. The first-order chi connectivity index (χ1) is 60.0. The minimum atomic E-state index is -1.96. The van der Waals surface area contributed by atoms with Crippen LogP contribution in [0.25, 0.3) is 5.57 Å². The maximum Gasteiger partial charge on any atom is 0.409 e. The number of aliphatic hydroxyl groups excluding tert-OH is 1. The van der Waals surface area contributed by atoms with Crippen LogP contribution in [0.3, 0.4) is 0 Å². The van der Waals surface area contributed by atoms with Gasteiger partial charge in [-0.2, -0.15) is 0 Å². The van der Waals surface area contributed by atoms with E-state index in [2.05, 4.69) is 42.5 Å². The van der Waals surface area contributed by atoms with Crippen LogP contribution in [0.1, 0.15) is 114 Å². The number of likely N-dealkylation sites (N-methyl/N-ethyl adjacent to an activating group) is 1. The summed E-state index contributed by atoms with van der Waals surface area (Å²) in [7, 11) is 10.8. The molecule has 9 rings (SSSR count). The number of nitrogens with zero attached hydrogens (tertiary/aromatic N) is 2. The fourth-order valence-corrected chi connectivity index (χ4v) is 19.9. The van der Waals surface area contributed by atoms with E-state index in [1.807, 2.05) is 43.3 Å². The van der Waals surface area contributed by atoms with Gasteiger partial charge >= 0.3 is 18.2 Å². The predicted octanol–water partition coefficient (Wildman–Crippen LogP) is 5.11. The third kappa shape index (κ3) is 27.3. The van der Waals surface area contributed by atoms with E-state index in [1.165, 1.54) is 59.2 Å². The number of carbonyl (C=O) groups excluding carboxylic acids is 13. The number of ketones is 1. The Morgan fingerprint density at radius 2 is 1.53 bits per heavy atom. The molecule has 17 atom stereocenters. The Morgan fingerprint density at radius 1 is 0.833 bits per heavy atom. The van der Waals surface area contributed by atoms with Crippen LogP contribution in [0.4, 0.5) is 15.3 Å². The van der Waals surface area contributed by atoms with E-state index >= 15 is 14.4 Å². The summed E-state index contributed by atoms with van der Waals surface area (Å²) >= 11 is 6.90. The summed E-state index contributed by atoms with van der Waals surface area (Å²) in [6, 6.07) is 13.5. The van der Waals surface area contributed by atoms with Crippen molar-refractivity contribution in [2.75, 3.05) is 69.9 Å². The topological polar surface area (TPSA) is 496 Å². The number of nitrogens with two attached hydrogens (primary N) is 2. The molecule has 4 bridgehead atoms. The first-order valence-electron chi connectivity index (χ1n) is 41.3. The Labute approximate surface area is 752 Å². The first-order valence-corrected chi connectivity index (χ1v) is 46.6. The van der Waals surface area contributed by atoms with Gasteiger partial charge in [0.05, 0.1) is 44.6 Å². The number of aliphatic hydroxyl groups is 2. The van der Waals surface area contributed by atoms with Crippen molar-refractivity contribution in [3.05, 3.63) is 154 Å². The Bertz CT molecular complexity index is 4690. The smallest absolute Gasteiger partial charge is 0.409 e. The Kier molecular flexibility index (Phi) is 37.0. The summed E-state index contributed by atoms with van der Waals surface area (Å²) < 4.78 is 34.6. The van der Waals surface area contributed by atoms with Gasteiger partial charge in [-0.3, -0.25) is 53.3 Å². The number of esters is 1. The quantitative estimate of drug-likeness (QED) is 0.0116. The molecule has 4 aromatic carbocycles. The molecular formula is C87H113ClN12O22S4. The standard InChI is InChI=1S/C87H113ClN12O22S4/c1-47-19-18-25-69(118-9)87(116)43-68(120-85(115)98-87)48(2)75-86(5,122-75)70(42-72(105)100(7)65-38-53(35-47)39-67(117-8)73(65)88)121-83(113)49(3)99(6)71(104)32-34-123-124-45-63(76(90)106)94-81(111)64-46-126-125-44-62(93-79(109)60(96-84(114)119-10)37-51-20-12-11-13-21-51)66(103)41-56(36-52-26-30-57(102)31-27-52)77(107)92-61(40-55-29-28-54-22-14-15-23-58(54)55)80(110)91-59(24-16-17-33-89)78(108)97-74(50(4)101)82(112)95-64/h11-15,18-23,25-27,29-31,38-39,48-50,56,59-64,68-70,74-75,101-102,116H,16-17,24,28,32-37,40-46,89H2,1-10H3,(H2,90,106)(H,91,110)(H,92,107)(H,93,109)(H,94,111)(H,95,112)(H,96,114)(H,97,108)(H,98,115)/b25-18+,47-19+/t48-,49+,50-,56-,59+,60-,61-,62+,63+,64+,68+,69-,70+,74+,75+,86+,87+/m1/s1. The molecule has 11 amide bonds. The summed E-state index contributed by atoms with van der Waals surface area (Å²) in [6.07, 6.45) is -1.14. The highest BCUT2D eigenvalue weighted by molar-refractivity contribution is 8.77. The molecule has 3 fully saturated rings. The number of anilines is 1. The van der Waals surface area contributed by atoms with Gasteiger partial charge in [0.2, 0.25) is 53.2 Å². The Balaban J connectivity index is 0.928. The van der Waals surface area contributed by atoms with Crippen molar-refractivity contribution in [3.63, 3.8) is 0 Å². The highest BCUT2D eigenvalue weighted by Gasteiger charge is 2.65. The van der Waals surface area contributed by atoms with Gasteiger partial charge in [0.15, 0.2) is 11.5 Å². The van der Waals surface area contributed by atoms with Crippen molar-refractivity contribution in [2.45, 2.75) is 202 Å². The number of unbranched alkanes of at least 4 members (excludes halogenated alkanes) is 1. The average molecular weight is 1840 g/mol. The number of benzene rings is 4. The minimum absolute atomic E-state index is 0.0578. The van der Waals surface area contributed by atoms with E-state index in [0.29, 0.717) is 41.5 Å². The number of amides is 11. The third-order valence-electron chi connectivity index (χ3n) is 22.7. The molecule has 0 radical (unpaired) electrons. The molecule has 0 spiro atoms. The lowest BCUT2D eigenvalue weighted by atomic mass is 9.83. The fraction of sp³-hybridized carbons (Fsp3) is 0.506. The summed E-state index contributed by atoms with van der Waals surface area (Å²) in [5, 5.41) is 55.0. The maximum atomic E-state index is 15.3. The van der Waals surface area contributed by atoms with Crippen LogP contribution in [0.5, 0.6) is 11.5 Å². The zero-order chi connectivity index (χ0) is 91.9. The van der Waals surface area contributed by atoms with Crippen molar-refractivity contribution in [3.8, 4) is 11.5 Å². The molecule has 39 heteroatoms. The second-order valence-electron chi connectivity index (χ2n) is 32.0. The van der Waals surface area contributed by atoms with Gasteiger partial charge in [0.1, 0.15) is 82.7 Å². The molecule has 684 valence electrons. The lowest BCUT2D eigenvalue weighted by Crippen LogP contribution is -2.63. The highest BCUT2D eigenvalue weighted by Crippen LogP contribution is 2.50. The predicted molar refractivity (Wildman–Crippen MR) is 478 cm³/mol. The van der Waals surface area contributed by atoms with Crippen LogP contribution >= 0.6 is 54.8 Å². The SMILES string of the molecule is COC(=O)N[C@H](Cc1ccccc1)C(=O)N[C@H]1CSSC[C@@H](C(=O)N[C@@H](CSSCCC(=O)N(C)[C@@H](C)C(=O)O[C@H]2CC(=O)N(C)c3cc(cc(OC)c3Cl)C/C(C)=C/C=C/[C@@H](OC)[C@@]3(O)C[C@H](OC(=O)N3)[C@@H](C)[C@@H]3O[C@@]23C)C(N)=O)NC(=O)[C@H]([C@@H](C)O)NC(=O)[C@H](CCCCN)NC(=O)[C@@H](CC2=CCc3ccccc32)NC(=O)[C@H](Cc2ccc(O)cc2)CC1=O. The van der Waals surface area contributed by atoms with Crippen LogP contribution in [0, 0.1) is 11.8 Å². The number of hydrogen-bond donors (Lipinski definition) is 13. The van der Waals surface area contributed by atoms with Crippen LogP contribution < -0.4 is 63.6 Å². The molecule has 0 aromatic heterocycles. The molecule has 0 saturated carbocycles. The summed E-state index contributed by atoms with van der Waals surface area (Å²) in [5.41, 5.74) is 13.9. The number of halogens is 1. The summed E-state index contributed by atoms with van der Waals surface area (Å²) in [6.45, 7) is 8.05. The second kappa shape index (κ2) is 46.7. The molecule has 15 N–H and O–H groups in total. The van der Waals surface area contributed by atoms with Crippen LogP contribution in [0.2, 0.25) is 5.02 Å². The third-order valence-corrected chi connectivity index (χ3v) is 28.0. The number of fused-ring (bicyclic) bond motifs is 6. The molecule has 34 nitrogen and oxygen atoms in total. The number of phenols is 1. The van der Waals surface area contributed by atoms with Crippen molar-refractivity contribution >= 4 is 143 Å². The number of Topliss-reactive ketones (excluding diaryl/α,β-unsaturated/α-hetero) is 1. The first kappa shape index (κ1) is 99.9. The molecule has 4 aliphatic heterocycles. The number of rotatable bonds is 28. The van der Waals surface area contributed by atoms with E-state index in [0.717, 1.165) is 71.9 Å². The number of phenolic OH excluding ortho intramolecular Hbond substituents is 1. The van der Waals surface area contributed by atoms with Gasteiger partial charge in [-0.1, -0.05) is 158 Å². The Morgan fingerprint density at radius 3 is 2.22 bits per heavy atom. The van der Waals surface area contributed by atoms with Gasteiger partial charge in [-0.05, 0) is 130 Å². The number of nitrogens with one attached hydrogen (secondary N) is 8. The van der Waals surface area contributed by atoms with E-state index in [1.54, 1.807) is 80.6 Å². The normalized spacial score (nSPS) is 26.3. The largest absolute Gasteiger partial charge is 0.508 e. The van der Waals surface area contributed by atoms with E-state index in [-0.39, 0.29) is 91.0 Å². The van der Waals surface area contributed by atoms with E-state index in [9.17, 15) is 63.3 Å². The monoisotopic (exact) mass is 1840 g/mol. The number of epoxide rings is 1. The number of aromatic hydroxyl groups is 1. The van der Waals surface area contributed by atoms with Crippen LogP contribution in [0.15, 0.2) is 121 Å². The number of hydrogen-bond acceptors (Lipinski definition) is 27. The molecule has 4 heterocycles. The number of carbonyl (C=O) groups is 13. The van der Waals surface area contributed by atoms with Gasteiger partial charge in [0, 0.05) is 88.2 Å². The average Bonchev–Trinajstić information content (AvgIpc) is 1.57. The summed E-state index contributed by atoms with van der Waals surface area (Å²) in [5.74, 6) is -12.0. The second-order valence-corrected chi connectivity index (χ2v) is 37.5. The van der Waals surface area contributed by atoms with Crippen molar-refractivity contribution in [1.82, 2.24) is 47.4 Å². The van der Waals surface area contributed by atoms with E-state index < -0.39 is 198 Å². The van der Waals surface area contributed by atoms with Gasteiger partial charge in [-0.15, -0.1) is 0 Å². The molecule has 0 unspecified atom stereocenters. The maximum absolute atomic E-state index is 15.3. The van der Waals surface area contributed by atoms with Crippen LogP contribution in [-0.4, -0.2) is 252 Å². The molecular weight excluding hydrogens is 1730 g/mol. The van der Waals surface area contributed by atoms with Crippen molar-refractivity contribution in [1.29, 1.82) is 0 Å². The molecule has 1 aliphatic carbocycles. The number of allylic oxidation sites excluding steroid dienone is 4. The molecule has 126 heavy (non-hydrogen) atoms. The zero-order valence-electron chi connectivity index (χ0n) is 71.8. The highest BCUT2D eigenvalue weighted by atomic mass is 35.5.